The Labute approximate surface area is 148 Å². The van der Waals surface area contributed by atoms with Gasteiger partial charge in [-0.25, -0.2) is 9.78 Å². The molecule has 1 aliphatic rings. The van der Waals surface area contributed by atoms with E-state index in [9.17, 15) is 9.59 Å². The minimum Gasteiger partial charge on any atom is -0.482 e. The molecule has 0 aliphatic carbocycles. The number of anilines is 1. The van der Waals surface area contributed by atoms with Gasteiger partial charge >= 0.3 is 5.97 Å². The number of carbonyl (C=O) groups is 2. The molecule has 25 heavy (non-hydrogen) atoms. The fraction of sp³-hybridized carbons (Fsp3) is 0.353. The molecule has 8 heteroatoms. The van der Waals surface area contributed by atoms with Gasteiger partial charge in [0.2, 0.25) is 6.10 Å². The van der Waals surface area contributed by atoms with Crippen LogP contribution in [0.2, 0.25) is 0 Å². The molecule has 132 valence electrons. The number of amides is 1. The zero-order valence-electron chi connectivity index (χ0n) is 14.1. The van der Waals surface area contributed by atoms with Crippen molar-refractivity contribution >= 4 is 28.3 Å². The van der Waals surface area contributed by atoms with E-state index >= 15 is 0 Å². The van der Waals surface area contributed by atoms with Crippen molar-refractivity contribution in [2.45, 2.75) is 33.0 Å². The number of esters is 1. The summed E-state index contributed by atoms with van der Waals surface area (Å²) in [6.45, 7) is 5.47. The molecule has 3 rings (SSSR count). The molecule has 0 saturated heterocycles. The van der Waals surface area contributed by atoms with Gasteiger partial charge in [0.15, 0.2) is 16.6 Å². The standard InChI is InChI=1S/C17H18N2O5S/c1-4-22-16(21)14-9(2)18-17(25-14)19-15(20)13-10(3)23-11-7-5-6-8-12(11)24-13/h5-8,10,13H,4H2,1-3H3,(H,18,19,20). The number of aryl methyl sites for hydroxylation is 1. The van der Waals surface area contributed by atoms with Gasteiger partial charge in [0.25, 0.3) is 5.91 Å². The van der Waals surface area contributed by atoms with Crippen LogP contribution in [0.25, 0.3) is 0 Å². The molecule has 0 bridgehead atoms. The Balaban J connectivity index is 1.73. The van der Waals surface area contributed by atoms with Gasteiger partial charge < -0.3 is 14.2 Å². The zero-order chi connectivity index (χ0) is 18.0. The Hall–Kier alpha value is -2.61. The topological polar surface area (TPSA) is 86.8 Å². The average Bonchev–Trinajstić information content (AvgIpc) is 2.94. The van der Waals surface area contributed by atoms with E-state index in [0.29, 0.717) is 27.2 Å². The predicted octanol–water partition coefficient (Wildman–Crippen LogP) is 2.80. The molecule has 0 fully saturated rings. The van der Waals surface area contributed by atoms with Gasteiger partial charge in [-0.15, -0.1) is 0 Å². The number of hydrogen-bond donors (Lipinski definition) is 1. The number of rotatable bonds is 4. The summed E-state index contributed by atoms with van der Waals surface area (Å²) in [5.74, 6) is 0.292. The number of aromatic nitrogens is 1. The van der Waals surface area contributed by atoms with Gasteiger partial charge in [0.1, 0.15) is 11.0 Å². The molecule has 2 heterocycles. The zero-order valence-corrected chi connectivity index (χ0v) is 14.9. The van der Waals surface area contributed by atoms with E-state index in [2.05, 4.69) is 10.3 Å². The van der Waals surface area contributed by atoms with Gasteiger partial charge in [0, 0.05) is 0 Å². The number of hydrogen-bond acceptors (Lipinski definition) is 7. The number of para-hydroxylation sites is 2. The number of nitrogens with zero attached hydrogens (tertiary/aromatic N) is 1. The Morgan fingerprint density at radius 3 is 2.64 bits per heavy atom. The second kappa shape index (κ2) is 7.10. The Kier molecular flexibility index (Phi) is 4.89. The number of ether oxygens (including phenoxy) is 3. The summed E-state index contributed by atoms with van der Waals surface area (Å²) >= 11 is 1.07. The largest absolute Gasteiger partial charge is 0.482 e. The van der Waals surface area contributed by atoms with Crippen molar-refractivity contribution in [1.82, 2.24) is 4.98 Å². The summed E-state index contributed by atoms with van der Waals surface area (Å²) in [6, 6.07) is 7.18. The van der Waals surface area contributed by atoms with E-state index in [1.165, 1.54) is 0 Å². The van der Waals surface area contributed by atoms with Crippen LogP contribution >= 0.6 is 11.3 Å². The van der Waals surface area contributed by atoms with E-state index in [0.717, 1.165) is 11.3 Å². The molecule has 0 spiro atoms. The summed E-state index contributed by atoms with van der Waals surface area (Å²) in [5, 5.41) is 3.01. The van der Waals surface area contributed by atoms with E-state index in [1.54, 1.807) is 32.9 Å². The van der Waals surface area contributed by atoms with Crippen molar-refractivity contribution in [2.24, 2.45) is 0 Å². The number of fused-ring (bicyclic) bond motifs is 1. The third-order valence-corrected chi connectivity index (χ3v) is 4.64. The molecule has 1 aromatic carbocycles. The Morgan fingerprint density at radius 1 is 1.28 bits per heavy atom. The summed E-state index contributed by atoms with van der Waals surface area (Å²) in [5.41, 5.74) is 0.512. The van der Waals surface area contributed by atoms with Crippen LogP contribution in [-0.4, -0.2) is 35.7 Å². The SMILES string of the molecule is CCOC(=O)c1sc(NC(=O)C2Oc3ccccc3OC2C)nc1C. The summed E-state index contributed by atoms with van der Waals surface area (Å²) < 4.78 is 16.4. The van der Waals surface area contributed by atoms with Gasteiger partial charge in [0.05, 0.1) is 12.3 Å². The van der Waals surface area contributed by atoms with Crippen LogP contribution in [0.1, 0.15) is 29.2 Å². The number of benzene rings is 1. The summed E-state index contributed by atoms with van der Waals surface area (Å²) in [6.07, 6.45) is -1.27. The minimum atomic E-state index is -0.815. The van der Waals surface area contributed by atoms with Crippen LogP contribution < -0.4 is 14.8 Å². The summed E-state index contributed by atoms with van der Waals surface area (Å²) in [4.78, 5) is 29.0. The van der Waals surface area contributed by atoms with Crippen LogP contribution in [0.3, 0.4) is 0 Å². The molecular weight excluding hydrogens is 344 g/mol. The Morgan fingerprint density at radius 2 is 1.96 bits per heavy atom. The predicted molar refractivity (Wildman–Crippen MR) is 92.4 cm³/mol. The molecule has 0 radical (unpaired) electrons. The first-order chi connectivity index (χ1) is 12.0. The monoisotopic (exact) mass is 362 g/mol. The second-order valence-corrected chi connectivity index (χ2v) is 6.45. The normalized spacial score (nSPS) is 18.5. The lowest BCUT2D eigenvalue weighted by Crippen LogP contribution is -2.46. The third kappa shape index (κ3) is 3.58. The lowest BCUT2D eigenvalue weighted by molar-refractivity contribution is -0.128. The van der Waals surface area contributed by atoms with Crippen LogP contribution in [0.4, 0.5) is 5.13 Å². The quantitative estimate of drug-likeness (QED) is 0.842. The van der Waals surface area contributed by atoms with Crippen molar-refractivity contribution in [1.29, 1.82) is 0 Å². The van der Waals surface area contributed by atoms with Crippen LogP contribution in [-0.2, 0) is 9.53 Å². The lowest BCUT2D eigenvalue weighted by atomic mass is 10.1. The van der Waals surface area contributed by atoms with E-state index in [-0.39, 0.29) is 12.5 Å². The van der Waals surface area contributed by atoms with Crippen molar-refractivity contribution in [2.75, 3.05) is 11.9 Å². The fourth-order valence-corrected chi connectivity index (χ4v) is 3.28. The van der Waals surface area contributed by atoms with Gasteiger partial charge in [-0.1, -0.05) is 23.5 Å². The Bertz CT molecular complexity index is 804. The molecule has 1 aliphatic heterocycles. The highest BCUT2D eigenvalue weighted by atomic mass is 32.1. The molecule has 2 aromatic rings. The maximum atomic E-state index is 12.5. The summed E-state index contributed by atoms with van der Waals surface area (Å²) in [7, 11) is 0. The van der Waals surface area contributed by atoms with E-state index in [4.69, 9.17) is 14.2 Å². The first-order valence-corrected chi connectivity index (χ1v) is 8.69. The fourth-order valence-electron chi connectivity index (χ4n) is 2.42. The molecule has 2 unspecified atom stereocenters. The van der Waals surface area contributed by atoms with Crippen molar-refractivity contribution in [3.8, 4) is 11.5 Å². The van der Waals surface area contributed by atoms with Gasteiger partial charge in [-0.3, -0.25) is 10.1 Å². The van der Waals surface area contributed by atoms with Crippen molar-refractivity contribution in [3.05, 3.63) is 34.8 Å². The minimum absolute atomic E-state index is 0.280. The average molecular weight is 362 g/mol. The van der Waals surface area contributed by atoms with Crippen molar-refractivity contribution < 1.29 is 23.8 Å². The molecule has 7 nitrogen and oxygen atoms in total. The highest BCUT2D eigenvalue weighted by Crippen LogP contribution is 2.34. The second-order valence-electron chi connectivity index (χ2n) is 5.45. The van der Waals surface area contributed by atoms with E-state index < -0.39 is 18.2 Å². The van der Waals surface area contributed by atoms with Crippen LogP contribution in [0, 0.1) is 6.92 Å². The molecule has 1 amide bonds. The van der Waals surface area contributed by atoms with E-state index in [1.807, 2.05) is 12.1 Å². The smallest absolute Gasteiger partial charge is 0.350 e. The molecule has 1 aromatic heterocycles. The van der Waals surface area contributed by atoms with Gasteiger partial charge in [-0.2, -0.15) is 0 Å². The number of carbonyl (C=O) groups excluding carboxylic acids is 2. The maximum Gasteiger partial charge on any atom is 0.350 e. The first kappa shape index (κ1) is 17.2. The van der Waals surface area contributed by atoms with Crippen LogP contribution in [0.15, 0.2) is 24.3 Å². The molecule has 1 N–H and O–H groups in total. The highest BCUT2D eigenvalue weighted by Gasteiger charge is 2.34. The molecule has 2 atom stereocenters. The number of thiazole rings is 1. The molecular formula is C17H18N2O5S. The van der Waals surface area contributed by atoms with Gasteiger partial charge in [-0.05, 0) is 32.9 Å². The van der Waals surface area contributed by atoms with Crippen LogP contribution in [0.5, 0.6) is 11.5 Å². The highest BCUT2D eigenvalue weighted by molar-refractivity contribution is 7.17. The third-order valence-electron chi connectivity index (χ3n) is 3.59. The van der Waals surface area contributed by atoms with Crippen molar-refractivity contribution in [3.63, 3.8) is 0 Å². The number of nitrogens with one attached hydrogen (secondary N) is 1. The first-order valence-electron chi connectivity index (χ1n) is 7.87. The lowest BCUT2D eigenvalue weighted by Gasteiger charge is -2.30. The maximum absolute atomic E-state index is 12.5. The molecule has 0 saturated carbocycles.